The molecule has 10 N–H and O–H groups in total. The highest BCUT2D eigenvalue weighted by molar-refractivity contribution is 6.03. The second-order valence-corrected chi connectivity index (χ2v) is 16.3. The average Bonchev–Trinajstić information content (AvgIpc) is 3.29. The number of hydrogen-bond donors (Lipinski definition) is 7. The zero-order chi connectivity index (χ0) is 47.0. The van der Waals surface area contributed by atoms with E-state index in [0.717, 1.165) is 42.0 Å². The van der Waals surface area contributed by atoms with E-state index >= 15 is 0 Å². The number of nitrogens with one attached hydrogen (secondary N) is 4. The molecule has 0 saturated carbocycles. The van der Waals surface area contributed by atoms with E-state index in [1.54, 1.807) is 36.4 Å². The summed E-state index contributed by atoms with van der Waals surface area (Å²) < 4.78 is 12.2. The third-order valence-corrected chi connectivity index (χ3v) is 11.4. The van der Waals surface area contributed by atoms with Gasteiger partial charge in [-0.05, 0) is 103 Å². The third kappa shape index (κ3) is 12.8. The number of benzene rings is 4. The summed E-state index contributed by atoms with van der Waals surface area (Å²) in [5, 5.41) is 22.0. The number of rotatable bonds is 19. The Morgan fingerprint density at radius 1 is 0.862 bits per heavy atom. The fourth-order valence-corrected chi connectivity index (χ4v) is 7.98. The predicted molar refractivity (Wildman–Crippen MR) is 250 cm³/mol. The van der Waals surface area contributed by atoms with E-state index in [4.69, 9.17) is 26.7 Å². The molecule has 4 aromatic rings. The van der Waals surface area contributed by atoms with E-state index in [9.17, 15) is 29.2 Å². The molecule has 0 saturated heterocycles. The van der Waals surface area contributed by atoms with Crippen LogP contribution in [0.3, 0.4) is 0 Å². The van der Waals surface area contributed by atoms with Gasteiger partial charge in [-0.1, -0.05) is 62.6 Å². The molecule has 4 atom stereocenters. The van der Waals surface area contributed by atoms with Crippen LogP contribution in [0, 0.1) is 18.3 Å². The zero-order valence-electron chi connectivity index (χ0n) is 37.8. The highest BCUT2D eigenvalue weighted by Crippen LogP contribution is 2.40. The van der Waals surface area contributed by atoms with Crippen LogP contribution in [0.25, 0.3) is 21.9 Å². The molecule has 0 aliphatic carbocycles. The van der Waals surface area contributed by atoms with Crippen molar-refractivity contribution in [3.63, 3.8) is 0 Å². The summed E-state index contributed by atoms with van der Waals surface area (Å²) in [5.41, 5.74) is 22.0. The van der Waals surface area contributed by atoms with Gasteiger partial charge in [0.25, 0.3) is 5.91 Å². The molecule has 5 rings (SSSR count). The van der Waals surface area contributed by atoms with Crippen molar-refractivity contribution >= 4 is 40.3 Å². The molecule has 16 nitrogen and oxygen atoms in total. The van der Waals surface area contributed by atoms with Crippen molar-refractivity contribution in [3.8, 4) is 28.7 Å². The van der Waals surface area contributed by atoms with Crippen LogP contribution in [0.5, 0.6) is 11.5 Å². The highest BCUT2D eigenvalue weighted by atomic mass is 16.5. The summed E-state index contributed by atoms with van der Waals surface area (Å²) in [6, 6.07) is 17.4. The number of carbonyl (C=O) groups is 5. The van der Waals surface area contributed by atoms with Crippen LogP contribution in [0.15, 0.2) is 66.7 Å². The van der Waals surface area contributed by atoms with E-state index in [-0.39, 0.29) is 52.2 Å². The van der Waals surface area contributed by atoms with Crippen molar-refractivity contribution in [1.82, 2.24) is 26.2 Å². The first-order chi connectivity index (χ1) is 31.3. The van der Waals surface area contributed by atoms with Crippen LogP contribution in [0.2, 0.25) is 0 Å². The number of likely N-dealkylation sites (N-methyl/N-ethyl adjacent to an activating group) is 1. The fraction of sp³-hybridized carbons (Fsp3) is 0.429. The summed E-state index contributed by atoms with van der Waals surface area (Å²) in [6.07, 6.45) is 5.57. The van der Waals surface area contributed by atoms with Crippen molar-refractivity contribution < 1.29 is 33.4 Å². The van der Waals surface area contributed by atoms with E-state index in [1.165, 1.54) is 30.9 Å². The topological polar surface area (TPSA) is 257 Å². The number of nitrogens with two attached hydrogens (primary N) is 3. The summed E-state index contributed by atoms with van der Waals surface area (Å²) in [4.78, 5) is 71.8. The van der Waals surface area contributed by atoms with Gasteiger partial charge in [-0.3, -0.25) is 24.0 Å². The molecule has 346 valence electrons. The monoisotopic (exact) mass is 889 g/mol. The minimum atomic E-state index is -1.37. The lowest BCUT2D eigenvalue weighted by Crippen LogP contribution is -2.56. The van der Waals surface area contributed by atoms with Gasteiger partial charge in [0, 0.05) is 43.2 Å². The van der Waals surface area contributed by atoms with Crippen LogP contribution in [0.4, 0.5) is 0 Å². The molecule has 1 heterocycles. The lowest BCUT2D eigenvalue weighted by Gasteiger charge is -2.32. The minimum Gasteiger partial charge on any atom is -0.492 e. The first kappa shape index (κ1) is 49.5. The van der Waals surface area contributed by atoms with Crippen LogP contribution in [-0.2, 0) is 32.0 Å². The number of carbonyl (C=O) groups excluding carboxylic acids is 5. The Balaban J connectivity index is 1.57. The summed E-state index contributed by atoms with van der Waals surface area (Å²) in [6.45, 7) is 5.94. The van der Waals surface area contributed by atoms with E-state index in [0.29, 0.717) is 39.3 Å². The maximum atomic E-state index is 14.7. The second kappa shape index (κ2) is 23.9. The molecular formula is C49H63N9O7. The van der Waals surface area contributed by atoms with Gasteiger partial charge in [0.15, 0.2) is 0 Å². The summed E-state index contributed by atoms with van der Waals surface area (Å²) >= 11 is 0. The third-order valence-electron chi connectivity index (χ3n) is 11.4. The summed E-state index contributed by atoms with van der Waals surface area (Å²) in [5.74, 6) is -2.30. The average molecular weight is 890 g/mol. The molecular weight excluding hydrogens is 827 g/mol. The van der Waals surface area contributed by atoms with Gasteiger partial charge in [0.1, 0.15) is 55.4 Å². The van der Waals surface area contributed by atoms with E-state index in [2.05, 4.69) is 46.4 Å². The Bertz CT molecular complexity index is 2380. The number of aryl methyl sites for hydroxylation is 2. The van der Waals surface area contributed by atoms with Crippen LogP contribution in [0.1, 0.15) is 84.6 Å². The Hall–Kier alpha value is -6.54. The van der Waals surface area contributed by atoms with Gasteiger partial charge < -0.3 is 52.8 Å². The Morgan fingerprint density at radius 2 is 1.57 bits per heavy atom. The Morgan fingerprint density at radius 3 is 2.25 bits per heavy atom. The van der Waals surface area contributed by atoms with Crippen LogP contribution < -0.4 is 47.9 Å². The van der Waals surface area contributed by atoms with Crippen LogP contribution in [-0.4, -0.2) is 99.0 Å². The number of amides is 5. The second-order valence-electron chi connectivity index (χ2n) is 16.3. The van der Waals surface area contributed by atoms with Crippen molar-refractivity contribution in [3.05, 3.63) is 94.5 Å². The van der Waals surface area contributed by atoms with Crippen molar-refractivity contribution in [2.75, 3.05) is 46.4 Å². The number of unbranched alkanes of at least 4 members (excludes halogenated alkanes) is 3. The SMILES string of the molecule is CCCCCCc1ccc2cc(C)c(C(=O)N[C@@H](CCN)C(=O)N(C)[C@@H]3C(=O)N[C@@H](C)C(=O)N[C@H](C(=O)NCC#N)Cc4ccc(OCCN)c(c4)-c4cc3ccc4OCCN)cc2c1. The van der Waals surface area contributed by atoms with Gasteiger partial charge in [0.2, 0.25) is 23.6 Å². The van der Waals surface area contributed by atoms with Gasteiger partial charge >= 0.3 is 0 Å². The standard InChI is InChI=1S/C49H63N9O7/c1-5-6-7-8-9-32-10-12-34-24-30(2)37(29-36(34)25-32)46(60)56-40(16-17-50)49(63)58(4)44-35-13-15-43(65-23-20-53)39(28-35)38-26-33(11-14-42(38)64-22-19-52)27-41(47(61)54-21-18-51)57-45(59)31(3)55-48(44)62/h10-15,24-26,28-29,31,40-41,44H,5-9,16-17,19-23,27,50,52-53H2,1-4H3,(H,54,61)(H,55,62)(H,56,60)(H,57,59)/t31-,40-,41-,44-/m0/s1. The fourth-order valence-electron chi connectivity index (χ4n) is 7.98. The van der Waals surface area contributed by atoms with E-state index in [1.807, 2.05) is 25.1 Å². The first-order valence-electron chi connectivity index (χ1n) is 22.3. The Labute approximate surface area is 380 Å². The molecule has 4 aromatic carbocycles. The maximum absolute atomic E-state index is 14.7. The highest BCUT2D eigenvalue weighted by Gasteiger charge is 2.36. The molecule has 0 spiro atoms. The van der Waals surface area contributed by atoms with Gasteiger partial charge in [-0.2, -0.15) is 5.26 Å². The molecule has 5 amide bonds. The number of hydrogen-bond acceptors (Lipinski definition) is 11. The van der Waals surface area contributed by atoms with Crippen LogP contribution >= 0.6 is 0 Å². The number of nitriles is 1. The lowest BCUT2D eigenvalue weighted by atomic mass is 9.93. The largest absolute Gasteiger partial charge is 0.492 e. The van der Waals surface area contributed by atoms with Gasteiger partial charge in [-0.15, -0.1) is 0 Å². The van der Waals surface area contributed by atoms with Crippen molar-refractivity contribution in [2.45, 2.75) is 89.9 Å². The molecule has 0 radical (unpaired) electrons. The molecule has 1 aliphatic heterocycles. The normalized spacial score (nSPS) is 16.6. The summed E-state index contributed by atoms with van der Waals surface area (Å²) in [7, 11) is 1.45. The molecule has 16 heteroatoms. The Kier molecular flexibility index (Phi) is 18.2. The zero-order valence-corrected chi connectivity index (χ0v) is 37.8. The van der Waals surface area contributed by atoms with Gasteiger partial charge in [-0.25, -0.2) is 0 Å². The smallest absolute Gasteiger partial charge is 0.252 e. The predicted octanol–water partition coefficient (Wildman–Crippen LogP) is 3.45. The van der Waals surface area contributed by atoms with Gasteiger partial charge in [0.05, 0.1) is 6.07 Å². The van der Waals surface area contributed by atoms with Crippen molar-refractivity contribution in [2.24, 2.45) is 17.2 Å². The quantitative estimate of drug-likeness (QED) is 0.0530. The maximum Gasteiger partial charge on any atom is 0.252 e. The molecule has 0 fully saturated rings. The molecule has 4 bridgehead atoms. The molecule has 0 aromatic heterocycles. The van der Waals surface area contributed by atoms with Crippen molar-refractivity contribution in [1.29, 1.82) is 5.26 Å². The van der Waals surface area contributed by atoms with E-state index < -0.39 is 53.7 Å². The number of fused-ring (bicyclic) bond motifs is 6. The lowest BCUT2D eigenvalue weighted by molar-refractivity contribution is -0.141. The first-order valence-corrected chi connectivity index (χ1v) is 22.3. The molecule has 1 aliphatic rings. The number of nitrogens with zero attached hydrogens (tertiary/aromatic N) is 2. The number of ether oxygens (including phenoxy) is 2. The molecule has 65 heavy (non-hydrogen) atoms. The molecule has 0 unspecified atom stereocenters. The minimum absolute atomic E-state index is 0.0134.